The second kappa shape index (κ2) is 2.88. The van der Waals surface area contributed by atoms with Crippen LogP contribution in [0.4, 0.5) is 0 Å². The van der Waals surface area contributed by atoms with Crippen molar-refractivity contribution in [2.75, 3.05) is 0 Å². The van der Waals surface area contributed by atoms with Crippen LogP contribution in [-0.4, -0.2) is 0 Å². The number of para-hydroxylation sites is 1. The molecule has 2 aromatic rings. The lowest BCUT2D eigenvalue weighted by molar-refractivity contribution is 0.429. The second-order valence-electron chi connectivity index (χ2n) is 4.85. The van der Waals surface area contributed by atoms with Crippen LogP contribution in [-0.2, 0) is 5.41 Å². The summed E-state index contributed by atoms with van der Waals surface area (Å²) in [5.41, 5.74) is 2.32. The minimum absolute atomic E-state index is 0.0887. The Morgan fingerprint density at radius 1 is 1.14 bits per heavy atom. The van der Waals surface area contributed by atoms with Crippen LogP contribution < -0.4 is 0 Å². The lowest BCUT2D eigenvalue weighted by atomic mass is 9.93. The van der Waals surface area contributed by atoms with E-state index in [1.807, 2.05) is 0 Å². The quantitative estimate of drug-likeness (QED) is 0.608. The van der Waals surface area contributed by atoms with Crippen molar-refractivity contribution < 1.29 is 4.42 Å². The first-order valence-electron chi connectivity index (χ1n) is 4.98. The molecule has 1 heterocycles. The molecule has 1 nitrogen and oxygen atoms in total. The lowest BCUT2D eigenvalue weighted by Crippen LogP contribution is -2.08. The summed E-state index contributed by atoms with van der Waals surface area (Å²) < 4.78 is 5.86. The molecule has 0 saturated carbocycles. The molecule has 2 rings (SSSR count). The van der Waals surface area contributed by atoms with Gasteiger partial charge in [-0.25, -0.2) is 0 Å². The standard InChI is InChI=1S/C13H16O/c1-9-6-5-7-10-8-11(13(2,3)4)14-12(9)10/h5-8H,1-4H3. The van der Waals surface area contributed by atoms with E-state index in [-0.39, 0.29) is 5.41 Å². The molecule has 0 spiro atoms. The molecule has 0 fully saturated rings. The average Bonchev–Trinajstić information content (AvgIpc) is 2.48. The van der Waals surface area contributed by atoms with Crippen LogP contribution in [0, 0.1) is 6.92 Å². The van der Waals surface area contributed by atoms with Crippen molar-refractivity contribution in [3.63, 3.8) is 0 Å². The average molecular weight is 188 g/mol. The molecule has 0 bridgehead atoms. The number of aryl methyl sites for hydroxylation is 1. The molecule has 0 unspecified atom stereocenters. The van der Waals surface area contributed by atoms with Gasteiger partial charge in [0.15, 0.2) is 0 Å². The first-order valence-corrected chi connectivity index (χ1v) is 4.98. The molecule has 1 aromatic heterocycles. The summed E-state index contributed by atoms with van der Waals surface area (Å²) >= 11 is 0. The van der Waals surface area contributed by atoms with E-state index >= 15 is 0 Å². The summed E-state index contributed by atoms with van der Waals surface area (Å²) in [6.07, 6.45) is 0. The zero-order valence-electron chi connectivity index (χ0n) is 9.22. The van der Waals surface area contributed by atoms with Crippen molar-refractivity contribution in [1.29, 1.82) is 0 Å². The van der Waals surface area contributed by atoms with Crippen molar-refractivity contribution in [1.82, 2.24) is 0 Å². The third kappa shape index (κ3) is 1.43. The Labute approximate surface area is 84.7 Å². The monoisotopic (exact) mass is 188 g/mol. The van der Waals surface area contributed by atoms with Gasteiger partial charge in [0.25, 0.3) is 0 Å². The highest BCUT2D eigenvalue weighted by molar-refractivity contribution is 5.81. The molecule has 74 valence electrons. The molecule has 1 aromatic carbocycles. The normalized spacial score (nSPS) is 12.3. The molecule has 0 saturated heterocycles. The Morgan fingerprint density at radius 3 is 2.43 bits per heavy atom. The zero-order chi connectivity index (χ0) is 10.3. The maximum Gasteiger partial charge on any atom is 0.137 e. The minimum atomic E-state index is 0.0887. The summed E-state index contributed by atoms with van der Waals surface area (Å²) in [6.45, 7) is 8.58. The smallest absolute Gasteiger partial charge is 0.137 e. The highest BCUT2D eigenvalue weighted by atomic mass is 16.3. The Kier molecular flexibility index (Phi) is 1.91. The molecular weight excluding hydrogens is 172 g/mol. The number of furan rings is 1. The largest absolute Gasteiger partial charge is 0.460 e. The maximum absolute atomic E-state index is 5.86. The minimum Gasteiger partial charge on any atom is -0.460 e. The molecule has 0 amide bonds. The Bertz CT molecular complexity index is 458. The van der Waals surface area contributed by atoms with Crippen molar-refractivity contribution in [2.45, 2.75) is 33.1 Å². The van der Waals surface area contributed by atoms with Crippen LogP contribution in [0.5, 0.6) is 0 Å². The van der Waals surface area contributed by atoms with Gasteiger partial charge in [0.2, 0.25) is 0 Å². The van der Waals surface area contributed by atoms with Crippen molar-refractivity contribution in [2.24, 2.45) is 0 Å². The van der Waals surface area contributed by atoms with Gasteiger partial charge in [-0.3, -0.25) is 0 Å². The summed E-state index contributed by atoms with van der Waals surface area (Å²) in [5.74, 6) is 1.06. The molecule has 0 N–H and O–H groups in total. The predicted molar refractivity (Wildman–Crippen MR) is 59.7 cm³/mol. The molecule has 14 heavy (non-hydrogen) atoms. The van der Waals surface area contributed by atoms with Crippen molar-refractivity contribution in [3.8, 4) is 0 Å². The molecule has 0 aliphatic heterocycles. The van der Waals surface area contributed by atoms with E-state index in [2.05, 4.69) is 52.0 Å². The van der Waals surface area contributed by atoms with E-state index in [1.54, 1.807) is 0 Å². The van der Waals surface area contributed by atoms with Gasteiger partial charge in [-0.1, -0.05) is 39.0 Å². The van der Waals surface area contributed by atoms with E-state index in [0.29, 0.717) is 0 Å². The first-order chi connectivity index (χ1) is 6.48. The van der Waals surface area contributed by atoms with Crippen LogP contribution in [0.25, 0.3) is 11.0 Å². The van der Waals surface area contributed by atoms with Gasteiger partial charge in [0.1, 0.15) is 11.3 Å². The van der Waals surface area contributed by atoms with Crippen LogP contribution >= 0.6 is 0 Å². The number of benzene rings is 1. The van der Waals surface area contributed by atoms with Gasteiger partial charge < -0.3 is 4.42 Å². The summed E-state index contributed by atoms with van der Waals surface area (Å²) in [6, 6.07) is 8.39. The second-order valence-corrected chi connectivity index (χ2v) is 4.85. The third-order valence-corrected chi connectivity index (χ3v) is 2.48. The predicted octanol–water partition coefficient (Wildman–Crippen LogP) is 4.04. The van der Waals surface area contributed by atoms with Crippen LogP contribution in [0.1, 0.15) is 32.1 Å². The Hall–Kier alpha value is -1.24. The van der Waals surface area contributed by atoms with E-state index in [1.165, 1.54) is 10.9 Å². The maximum atomic E-state index is 5.86. The molecular formula is C13H16O. The van der Waals surface area contributed by atoms with E-state index in [4.69, 9.17) is 4.42 Å². The Morgan fingerprint density at radius 2 is 1.86 bits per heavy atom. The molecule has 1 heteroatoms. The van der Waals surface area contributed by atoms with Crippen molar-refractivity contribution >= 4 is 11.0 Å². The van der Waals surface area contributed by atoms with Gasteiger partial charge in [0.05, 0.1) is 0 Å². The zero-order valence-corrected chi connectivity index (χ0v) is 9.22. The lowest BCUT2D eigenvalue weighted by Gasteiger charge is -2.13. The van der Waals surface area contributed by atoms with E-state index < -0.39 is 0 Å². The summed E-state index contributed by atoms with van der Waals surface area (Å²) in [5, 5.41) is 1.20. The fourth-order valence-corrected chi connectivity index (χ4v) is 1.58. The van der Waals surface area contributed by atoms with Gasteiger partial charge in [-0.2, -0.15) is 0 Å². The fourth-order valence-electron chi connectivity index (χ4n) is 1.58. The van der Waals surface area contributed by atoms with Gasteiger partial charge >= 0.3 is 0 Å². The SMILES string of the molecule is Cc1cccc2cc(C(C)(C)C)oc12. The number of fused-ring (bicyclic) bond motifs is 1. The fraction of sp³-hybridized carbons (Fsp3) is 0.385. The van der Waals surface area contributed by atoms with E-state index in [9.17, 15) is 0 Å². The number of hydrogen-bond acceptors (Lipinski definition) is 1. The number of rotatable bonds is 0. The molecule has 0 radical (unpaired) electrons. The van der Waals surface area contributed by atoms with Crippen LogP contribution in [0.15, 0.2) is 28.7 Å². The first kappa shape index (κ1) is 9.32. The van der Waals surface area contributed by atoms with Crippen molar-refractivity contribution in [3.05, 3.63) is 35.6 Å². The number of hydrogen-bond donors (Lipinski definition) is 0. The topological polar surface area (TPSA) is 13.1 Å². The van der Waals surface area contributed by atoms with Gasteiger partial charge in [-0.15, -0.1) is 0 Å². The van der Waals surface area contributed by atoms with Crippen LogP contribution in [0.2, 0.25) is 0 Å². The Balaban J connectivity index is 2.69. The van der Waals surface area contributed by atoms with Gasteiger partial charge in [0, 0.05) is 10.8 Å². The third-order valence-electron chi connectivity index (χ3n) is 2.48. The highest BCUT2D eigenvalue weighted by Gasteiger charge is 2.18. The van der Waals surface area contributed by atoms with Crippen LogP contribution in [0.3, 0.4) is 0 Å². The summed E-state index contributed by atoms with van der Waals surface area (Å²) in [7, 11) is 0. The molecule has 0 aliphatic carbocycles. The van der Waals surface area contributed by atoms with E-state index in [0.717, 1.165) is 11.3 Å². The molecule has 0 aliphatic rings. The summed E-state index contributed by atoms with van der Waals surface area (Å²) in [4.78, 5) is 0. The highest BCUT2D eigenvalue weighted by Crippen LogP contribution is 2.30. The van der Waals surface area contributed by atoms with Gasteiger partial charge in [-0.05, 0) is 18.6 Å². The molecule has 0 atom stereocenters.